The van der Waals surface area contributed by atoms with Crippen molar-refractivity contribution in [2.75, 3.05) is 17.7 Å². The molecule has 1 aromatic carbocycles. The number of nitrogens with two attached hydrogens (primary N) is 1. The van der Waals surface area contributed by atoms with Crippen LogP contribution in [0.4, 0.5) is 11.5 Å². The lowest BCUT2D eigenvalue weighted by Gasteiger charge is -2.07. The zero-order valence-corrected chi connectivity index (χ0v) is 12.0. The van der Waals surface area contributed by atoms with Gasteiger partial charge in [0.25, 0.3) is 5.91 Å². The number of hydrogen-bond donors (Lipinski definition) is 3. The lowest BCUT2D eigenvalue weighted by Crippen LogP contribution is -2.15. The van der Waals surface area contributed by atoms with Crippen LogP contribution in [0, 0.1) is 0 Å². The molecule has 2 rings (SSSR count). The van der Waals surface area contributed by atoms with Crippen LogP contribution in [-0.4, -0.2) is 26.4 Å². The van der Waals surface area contributed by atoms with Crippen molar-refractivity contribution in [3.63, 3.8) is 0 Å². The quantitative estimate of drug-likeness (QED) is 0.780. The van der Waals surface area contributed by atoms with Crippen LogP contribution in [0.5, 0.6) is 0 Å². The number of carbonyl (C=O) groups excluding carboxylic acids is 1. The van der Waals surface area contributed by atoms with Gasteiger partial charge in [-0.3, -0.25) is 4.79 Å². The molecule has 0 aliphatic heterocycles. The number of primary sulfonamides is 1. The summed E-state index contributed by atoms with van der Waals surface area (Å²) in [5.41, 5.74) is 0.740. The highest BCUT2D eigenvalue weighted by Crippen LogP contribution is 2.15. The van der Waals surface area contributed by atoms with Gasteiger partial charge in [-0.15, -0.1) is 0 Å². The molecule has 21 heavy (non-hydrogen) atoms. The lowest BCUT2D eigenvalue weighted by molar-refractivity contribution is 0.102. The van der Waals surface area contributed by atoms with Crippen molar-refractivity contribution in [1.82, 2.24) is 4.98 Å². The first-order valence-electron chi connectivity index (χ1n) is 5.98. The second kappa shape index (κ2) is 5.90. The zero-order chi connectivity index (χ0) is 15.5. The molecule has 0 bridgehead atoms. The minimum Gasteiger partial charge on any atom is -0.373 e. The predicted octanol–water partition coefficient (Wildman–Crippen LogP) is 1.02. The van der Waals surface area contributed by atoms with Gasteiger partial charge in [0.1, 0.15) is 5.82 Å². The maximum atomic E-state index is 12.1. The zero-order valence-electron chi connectivity index (χ0n) is 11.2. The Kier molecular flexibility index (Phi) is 4.20. The molecule has 110 valence electrons. The van der Waals surface area contributed by atoms with Crippen LogP contribution in [0.2, 0.25) is 0 Å². The van der Waals surface area contributed by atoms with Crippen molar-refractivity contribution >= 4 is 27.4 Å². The molecule has 0 radical (unpaired) electrons. The van der Waals surface area contributed by atoms with Crippen LogP contribution < -0.4 is 15.8 Å². The number of rotatable bonds is 4. The molecule has 1 amide bonds. The van der Waals surface area contributed by atoms with E-state index >= 15 is 0 Å². The third-order valence-corrected chi connectivity index (χ3v) is 3.61. The van der Waals surface area contributed by atoms with Crippen LogP contribution in [0.25, 0.3) is 0 Å². The summed E-state index contributed by atoms with van der Waals surface area (Å²) in [5.74, 6) is 0.182. The summed E-state index contributed by atoms with van der Waals surface area (Å²) < 4.78 is 22.5. The van der Waals surface area contributed by atoms with E-state index in [2.05, 4.69) is 15.6 Å². The average molecular weight is 306 g/mol. The van der Waals surface area contributed by atoms with Crippen molar-refractivity contribution in [3.8, 4) is 0 Å². The molecule has 0 unspecified atom stereocenters. The van der Waals surface area contributed by atoms with Gasteiger partial charge in [0.2, 0.25) is 10.0 Å². The first kappa shape index (κ1) is 14.9. The summed E-state index contributed by atoms with van der Waals surface area (Å²) in [6.07, 6.45) is 1.50. The largest absolute Gasteiger partial charge is 0.373 e. The number of aromatic nitrogens is 1. The molecule has 2 aromatic rings. The summed E-state index contributed by atoms with van der Waals surface area (Å²) in [5, 5.41) is 10.5. The molecular weight excluding hydrogens is 292 g/mol. The van der Waals surface area contributed by atoms with Crippen LogP contribution in [0.15, 0.2) is 47.5 Å². The molecule has 7 nitrogen and oxygen atoms in total. The highest BCUT2D eigenvalue weighted by molar-refractivity contribution is 7.89. The predicted molar refractivity (Wildman–Crippen MR) is 79.6 cm³/mol. The first-order chi connectivity index (χ1) is 9.90. The molecule has 1 aromatic heterocycles. The smallest absolute Gasteiger partial charge is 0.255 e. The number of benzene rings is 1. The van der Waals surface area contributed by atoms with Gasteiger partial charge in [-0.1, -0.05) is 6.07 Å². The third kappa shape index (κ3) is 3.77. The van der Waals surface area contributed by atoms with Gasteiger partial charge in [-0.25, -0.2) is 18.5 Å². The Hall–Kier alpha value is -2.45. The molecule has 8 heteroatoms. The monoisotopic (exact) mass is 306 g/mol. The number of hydrogen-bond acceptors (Lipinski definition) is 5. The number of pyridine rings is 1. The van der Waals surface area contributed by atoms with Gasteiger partial charge in [-0.05, 0) is 30.3 Å². The van der Waals surface area contributed by atoms with E-state index < -0.39 is 10.0 Å². The Morgan fingerprint density at radius 2 is 2.00 bits per heavy atom. The number of nitrogens with zero attached hydrogens (tertiary/aromatic N) is 1. The molecule has 0 aliphatic rings. The molecular formula is C13H14N4O3S. The molecule has 0 spiro atoms. The number of carbonyl (C=O) groups is 1. The van der Waals surface area contributed by atoms with Crippen molar-refractivity contribution in [2.45, 2.75) is 4.90 Å². The van der Waals surface area contributed by atoms with E-state index in [4.69, 9.17) is 5.14 Å². The highest BCUT2D eigenvalue weighted by Gasteiger charge is 2.11. The second-order valence-electron chi connectivity index (χ2n) is 4.21. The first-order valence-corrected chi connectivity index (χ1v) is 7.53. The summed E-state index contributed by atoms with van der Waals surface area (Å²) >= 11 is 0. The van der Waals surface area contributed by atoms with Crippen molar-refractivity contribution in [2.24, 2.45) is 5.14 Å². The molecule has 0 fully saturated rings. The number of amides is 1. The summed E-state index contributed by atoms with van der Waals surface area (Å²) in [6.45, 7) is 0. The van der Waals surface area contributed by atoms with E-state index in [1.807, 2.05) is 0 Å². The van der Waals surface area contributed by atoms with Crippen molar-refractivity contribution < 1.29 is 13.2 Å². The van der Waals surface area contributed by atoms with E-state index in [9.17, 15) is 13.2 Å². The summed E-state index contributed by atoms with van der Waals surface area (Å²) in [6, 6.07) is 8.87. The molecule has 0 atom stereocenters. The van der Waals surface area contributed by atoms with Gasteiger partial charge >= 0.3 is 0 Å². The van der Waals surface area contributed by atoms with Gasteiger partial charge < -0.3 is 10.6 Å². The average Bonchev–Trinajstić information content (AvgIpc) is 2.46. The maximum Gasteiger partial charge on any atom is 0.255 e. The van der Waals surface area contributed by atoms with E-state index in [-0.39, 0.29) is 10.8 Å². The van der Waals surface area contributed by atoms with E-state index in [0.717, 1.165) is 0 Å². The Bertz CT molecular complexity index is 774. The second-order valence-corrected chi connectivity index (χ2v) is 5.77. The van der Waals surface area contributed by atoms with E-state index in [0.29, 0.717) is 17.1 Å². The highest BCUT2D eigenvalue weighted by atomic mass is 32.2. The van der Waals surface area contributed by atoms with Gasteiger partial charge in [0.05, 0.1) is 4.90 Å². The minimum atomic E-state index is -3.81. The maximum absolute atomic E-state index is 12.1. The fourth-order valence-corrected chi connectivity index (χ4v) is 2.22. The van der Waals surface area contributed by atoms with Crippen molar-refractivity contribution in [3.05, 3.63) is 48.2 Å². The number of nitrogens with one attached hydrogen (secondary N) is 2. The minimum absolute atomic E-state index is 0.0639. The van der Waals surface area contributed by atoms with Gasteiger partial charge in [0.15, 0.2) is 0 Å². The van der Waals surface area contributed by atoms with Crippen molar-refractivity contribution in [1.29, 1.82) is 0 Å². The lowest BCUT2D eigenvalue weighted by atomic mass is 10.2. The fraction of sp³-hybridized carbons (Fsp3) is 0.0769. The summed E-state index contributed by atoms with van der Waals surface area (Å²) in [4.78, 5) is 16.0. The summed E-state index contributed by atoms with van der Waals surface area (Å²) in [7, 11) is -2.11. The Balaban J connectivity index is 2.23. The van der Waals surface area contributed by atoms with Crippen LogP contribution in [0.3, 0.4) is 0 Å². The van der Waals surface area contributed by atoms with Crippen LogP contribution in [0.1, 0.15) is 10.4 Å². The fourth-order valence-electron chi connectivity index (χ4n) is 1.66. The molecule has 0 saturated heterocycles. The molecule has 1 heterocycles. The Morgan fingerprint density at radius 3 is 2.67 bits per heavy atom. The molecule has 0 saturated carbocycles. The molecule has 4 N–H and O–H groups in total. The third-order valence-electron chi connectivity index (χ3n) is 2.70. The van der Waals surface area contributed by atoms with Gasteiger partial charge in [0, 0.05) is 24.5 Å². The van der Waals surface area contributed by atoms with Crippen LogP contribution >= 0.6 is 0 Å². The topological polar surface area (TPSA) is 114 Å². The standard InChI is InChI=1S/C13H14N4O3S/c1-15-12-7-9(5-6-16-12)13(18)17-10-3-2-4-11(8-10)21(14,19)20/h2-8H,1H3,(H,15,16)(H,17,18)(H2,14,19,20). The number of sulfonamides is 1. The van der Waals surface area contributed by atoms with Gasteiger partial charge in [-0.2, -0.15) is 0 Å². The van der Waals surface area contributed by atoms with E-state index in [1.54, 1.807) is 25.2 Å². The van der Waals surface area contributed by atoms with E-state index in [1.165, 1.54) is 24.4 Å². The Morgan fingerprint density at radius 1 is 1.24 bits per heavy atom. The molecule has 0 aliphatic carbocycles. The SMILES string of the molecule is CNc1cc(C(=O)Nc2cccc(S(N)(=O)=O)c2)ccn1. The van der Waals surface area contributed by atoms with Crippen LogP contribution in [-0.2, 0) is 10.0 Å². The normalized spacial score (nSPS) is 11.0. The number of anilines is 2. The Labute approximate surface area is 122 Å².